The Balaban J connectivity index is 0.000000201. The third kappa shape index (κ3) is 6.58. The van der Waals surface area contributed by atoms with Gasteiger partial charge in [-0.15, -0.1) is 0 Å². The molecule has 0 amide bonds. The quantitative estimate of drug-likeness (QED) is 0.156. The van der Waals surface area contributed by atoms with Crippen LogP contribution >= 0.6 is 0 Å². The minimum Gasteiger partial charge on any atom is -0.365 e. The van der Waals surface area contributed by atoms with Gasteiger partial charge in [-0.25, -0.2) is 0 Å². The predicted octanol–water partition coefficient (Wildman–Crippen LogP) is -0.386. The van der Waals surface area contributed by atoms with Crippen LogP contribution in [0.15, 0.2) is 85.0 Å². The van der Waals surface area contributed by atoms with Crippen molar-refractivity contribution >= 4 is 11.6 Å². The Morgan fingerprint density at radius 1 is 0.556 bits per heavy atom. The molecule has 0 bridgehead atoms. The molecule has 0 spiro atoms. The van der Waals surface area contributed by atoms with Crippen LogP contribution in [0.5, 0.6) is 0 Å². The lowest BCUT2D eigenvalue weighted by Crippen LogP contribution is -2.50. The maximum absolute atomic E-state index is 12.1. The third-order valence-corrected chi connectivity index (χ3v) is 5.83. The van der Waals surface area contributed by atoms with Gasteiger partial charge in [-0.2, -0.15) is 0 Å². The molecule has 2 atom stereocenters. The topological polar surface area (TPSA) is 196 Å². The van der Waals surface area contributed by atoms with Gasteiger partial charge in [-0.1, -0.05) is 72.8 Å². The highest BCUT2D eigenvalue weighted by Crippen LogP contribution is 2.34. The normalized spacial score (nSPS) is 24.8. The van der Waals surface area contributed by atoms with Crippen LogP contribution in [0.2, 0.25) is 0 Å². The van der Waals surface area contributed by atoms with Crippen molar-refractivity contribution < 1.29 is 50.4 Å². The number of Topliss-reactive ketones (excluding diaryl/α,β-unsaturated/α-hetero) is 2. The minimum atomic E-state index is -2.48. The highest BCUT2D eigenvalue weighted by atomic mass is 16.5. The number of benzene rings is 2. The van der Waals surface area contributed by atoms with E-state index in [9.17, 15) is 50.4 Å². The number of carbonyl (C=O) groups excluding carboxylic acids is 2. The number of carbonyl (C=O) groups is 2. The summed E-state index contributed by atoms with van der Waals surface area (Å²) in [7, 11) is 0. The lowest BCUT2D eigenvalue weighted by atomic mass is 9.81. The summed E-state index contributed by atoms with van der Waals surface area (Å²) < 4.78 is 0. The molecule has 0 radical (unpaired) electrons. The van der Waals surface area contributed by atoms with Crippen LogP contribution in [0.25, 0.3) is 0 Å². The maximum atomic E-state index is 12.1. The fraction of sp³-hybridized carbons (Fsp3) is 0.308. The van der Waals surface area contributed by atoms with Crippen LogP contribution in [0.1, 0.15) is 33.6 Å². The third-order valence-electron chi connectivity index (χ3n) is 5.83. The molecular formula is C26H28O10. The first-order valence-electron chi connectivity index (χ1n) is 11.0. The Morgan fingerprint density at radius 3 is 1.14 bits per heavy atom. The summed E-state index contributed by atoms with van der Waals surface area (Å²) in [6, 6.07) is 16.4. The van der Waals surface area contributed by atoms with Crippen LogP contribution in [-0.4, -0.2) is 75.6 Å². The number of hydrogen-bond donors (Lipinski definition) is 8. The Kier molecular flexibility index (Phi) is 7.75. The summed E-state index contributed by atoms with van der Waals surface area (Å²) >= 11 is 0. The van der Waals surface area contributed by atoms with Gasteiger partial charge < -0.3 is 40.9 Å². The molecule has 2 aromatic carbocycles. The van der Waals surface area contributed by atoms with Crippen molar-refractivity contribution in [2.24, 2.45) is 11.8 Å². The monoisotopic (exact) mass is 500 g/mol. The molecule has 192 valence electrons. The van der Waals surface area contributed by atoms with E-state index in [0.717, 1.165) is 24.3 Å². The summed E-state index contributed by atoms with van der Waals surface area (Å²) in [6.45, 7) is 0. The molecule has 36 heavy (non-hydrogen) atoms. The average molecular weight is 501 g/mol. The molecule has 0 aromatic heterocycles. The van der Waals surface area contributed by atoms with E-state index < -0.39 is 59.4 Å². The number of aliphatic hydroxyl groups is 8. The largest absolute Gasteiger partial charge is 0.365 e. The van der Waals surface area contributed by atoms with E-state index in [2.05, 4.69) is 0 Å². The molecule has 0 aliphatic heterocycles. The fourth-order valence-corrected chi connectivity index (χ4v) is 4.07. The molecule has 0 fully saturated rings. The van der Waals surface area contributed by atoms with Gasteiger partial charge in [-0.3, -0.25) is 9.59 Å². The second-order valence-corrected chi connectivity index (χ2v) is 9.00. The Labute approximate surface area is 206 Å². The van der Waals surface area contributed by atoms with Crippen molar-refractivity contribution in [3.63, 3.8) is 0 Å². The molecule has 8 N–H and O–H groups in total. The molecule has 2 aliphatic rings. The molecular weight excluding hydrogens is 472 g/mol. The fourth-order valence-electron chi connectivity index (χ4n) is 4.07. The molecule has 2 unspecified atom stereocenters. The van der Waals surface area contributed by atoms with Gasteiger partial charge in [0.05, 0.1) is 24.7 Å². The molecule has 2 aliphatic carbocycles. The molecule has 2 aromatic rings. The van der Waals surface area contributed by atoms with Crippen molar-refractivity contribution in [2.75, 3.05) is 0 Å². The number of ketones is 2. The van der Waals surface area contributed by atoms with Crippen molar-refractivity contribution in [3.05, 3.63) is 96.1 Å². The van der Waals surface area contributed by atoms with Gasteiger partial charge in [0.1, 0.15) is 0 Å². The van der Waals surface area contributed by atoms with Crippen molar-refractivity contribution in [3.8, 4) is 0 Å². The SMILES string of the molecule is O=C(c1ccccc1)C1C=CC(O)(O)CC1(O)O.O=C(c1ccccc1)C1C=CC(O)(O)CC1(O)O. The van der Waals surface area contributed by atoms with Crippen molar-refractivity contribution in [1.29, 1.82) is 0 Å². The average Bonchev–Trinajstić information content (AvgIpc) is 2.77. The Morgan fingerprint density at radius 2 is 0.861 bits per heavy atom. The Hall–Kier alpha value is -3.06. The summed E-state index contributed by atoms with van der Waals surface area (Å²) in [5.74, 6) is -13.0. The molecule has 0 saturated heterocycles. The van der Waals surface area contributed by atoms with Gasteiger partial charge in [0.25, 0.3) is 0 Å². The molecule has 0 saturated carbocycles. The second kappa shape index (κ2) is 10.1. The van der Waals surface area contributed by atoms with E-state index >= 15 is 0 Å². The molecule has 4 rings (SSSR count). The van der Waals surface area contributed by atoms with Crippen LogP contribution in [0.3, 0.4) is 0 Å². The standard InChI is InChI=1S/2C13H14O5/c2*14-11(9-4-2-1-3-5-9)10-6-7-12(15,16)8-13(10,17)18/h2*1-7,10,15-18H,8H2. The van der Waals surface area contributed by atoms with Crippen molar-refractivity contribution in [1.82, 2.24) is 0 Å². The highest BCUT2D eigenvalue weighted by Gasteiger charge is 2.48. The van der Waals surface area contributed by atoms with Crippen molar-refractivity contribution in [2.45, 2.75) is 36.0 Å². The lowest BCUT2D eigenvalue weighted by Gasteiger charge is -2.36. The Bertz CT molecular complexity index is 1040. The van der Waals surface area contributed by atoms with Crippen LogP contribution in [0.4, 0.5) is 0 Å². The minimum absolute atomic E-state index is 0.336. The van der Waals surface area contributed by atoms with E-state index in [4.69, 9.17) is 0 Å². The molecule has 0 heterocycles. The molecule has 10 nitrogen and oxygen atoms in total. The summed E-state index contributed by atoms with van der Waals surface area (Å²) in [4.78, 5) is 24.2. The first-order chi connectivity index (χ1) is 16.6. The van der Waals surface area contributed by atoms with E-state index in [0.29, 0.717) is 11.1 Å². The maximum Gasteiger partial charge on any atom is 0.187 e. The van der Waals surface area contributed by atoms with Crippen LogP contribution in [0, 0.1) is 11.8 Å². The molecule has 10 heteroatoms. The van der Waals surface area contributed by atoms with Gasteiger partial charge in [0.15, 0.2) is 34.7 Å². The number of rotatable bonds is 4. The van der Waals surface area contributed by atoms with E-state index in [1.54, 1.807) is 60.7 Å². The summed E-state index contributed by atoms with van der Waals surface area (Å²) in [6.07, 6.45) is 2.73. The van der Waals surface area contributed by atoms with Gasteiger partial charge >= 0.3 is 0 Å². The first kappa shape index (κ1) is 27.5. The zero-order valence-corrected chi connectivity index (χ0v) is 19.0. The van der Waals surface area contributed by atoms with E-state index in [1.165, 1.54) is 0 Å². The first-order valence-corrected chi connectivity index (χ1v) is 11.0. The number of hydrogen-bond acceptors (Lipinski definition) is 10. The van der Waals surface area contributed by atoms with Gasteiger partial charge in [0.2, 0.25) is 0 Å². The smallest absolute Gasteiger partial charge is 0.187 e. The van der Waals surface area contributed by atoms with Gasteiger partial charge in [0, 0.05) is 11.1 Å². The van der Waals surface area contributed by atoms with E-state index in [1.807, 2.05) is 0 Å². The zero-order chi connectivity index (χ0) is 26.8. The summed E-state index contributed by atoms with van der Waals surface area (Å²) in [5, 5.41) is 76.3. The zero-order valence-electron chi connectivity index (χ0n) is 19.0. The highest BCUT2D eigenvalue weighted by molar-refractivity contribution is 6.00. The summed E-state index contributed by atoms with van der Waals surface area (Å²) in [5.41, 5.74) is 0.672. The van der Waals surface area contributed by atoms with Crippen LogP contribution < -0.4 is 0 Å². The van der Waals surface area contributed by atoms with Crippen LogP contribution in [-0.2, 0) is 0 Å². The van der Waals surface area contributed by atoms with Gasteiger partial charge in [-0.05, 0) is 12.2 Å². The predicted molar refractivity (Wildman–Crippen MR) is 125 cm³/mol. The van der Waals surface area contributed by atoms with E-state index in [-0.39, 0.29) is 0 Å². The lowest BCUT2D eigenvalue weighted by molar-refractivity contribution is -0.253. The second-order valence-electron chi connectivity index (χ2n) is 9.00.